The van der Waals surface area contributed by atoms with Crippen LogP contribution < -0.4 is 16.4 Å². The Morgan fingerprint density at radius 1 is 1.19 bits per heavy atom. The highest BCUT2D eigenvalue weighted by Gasteiger charge is 2.27. The molecule has 0 rings (SSSR count). The van der Waals surface area contributed by atoms with Crippen LogP contribution >= 0.6 is 0 Å². The standard InChI is InChI=1S/C14H27N3O4/c1-5-9(4)11(17-14(15)21)12(18)16-7-10(13(19)20)6-8(2)3/h8-11H,5-7H2,1-4H3,(H,16,18)(H,19,20)(H3,15,17,21). The van der Waals surface area contributed by atoms with E-state index in [2.05, 4.69) is 10.6 Å². The van der Waals surface area contributed by atoms with Gasteiger partial charge in [0.1, 0.15) is 6.04 Å². The Morgan fingerprint density at radius 2 is 1.76 bits per heavy atom. The minimum Gasteiger partial charge on any atom is -0.481 e. The van der Waals surface area contributed by atoms with Crippen LogP contribution in [0.1, 0.15) is 40.5 Å². The average molecular weight is 301 g/mol. The predicted octanol–water partition coefficient (Wildman–Crippen LogP) is 0.933. The second-order valence-corrected chi connectivity index (χ2v) is 5.78. The smallest absolute Gasteiger partial charge is 0.312 e. The topological polar surface area (TPSA) is 122 Å². The molecule has 0 aromatic rings. The summed E-state index contributed by atoms with van der Waals surface area (Å²) in [5.74, 6) is -1.85. The Balaban J connectivity index is 4.66. The lowest BCUT2D eigenvalue weighted by atomic mass is 9.96. The molecular weight excluding hydrogens is 274 g/mol. The van der Waals surface area contributed by atoms with E-state index in [1.165, 1.54) is 0 Å². The lowest BCUT2D eigenvalue weighted by molar-refractivity contribution is -0.142. The van der Waals surface area contributed by atoms with Crippen molar-refractivity contribution in [1.29, 1.82) is 0 Å². The minimum atomic E-state index is -0.938. The number of hydrogen-bond acceptors (Lipinski definition) is 3. The molecule has 122 valence electrons. The highest BCUT2D eigenvalue weighted by molar-refractivity contribution is 5.87. The molecule has 3 atom stereocenters. The van der Waals surface area contributed by atoms with Crippen LogP contribution in [0.15, 0.2) is 0 Å². The van der Waals surface area contributed by atoms with E-state index in [0.717, 1.165) is 0 Å². The number of rotatable bonds is 9. The van der Waals surface area contributed by atoms with Crippen molar-refractivity contribution in [3.8, 4) is 0 Å². The highest BCUT2D eigenvalue weighted by Crippen LogP contribution is 2.12. The van der Waals surface area contributed by atoms with Crippen LogP contribution in [0.5, 0.6) is 0 Å². The Bertz CT molecular complexity index is 371. The Morgan fingerprint density at radius 3 is 2.14 bits per heavy atom. The fraction of sp³-hybridized carbons (Fsp3) is 0.786. The van der Waals surface area contributed by atoms with E-state index in [-0.39, 0.29) is 18.4 Å². The van der Waals surface area contributed by atoms with Crippen LogP contribution in [0.2, 0.25) is 0 Å². The van der Waals surface area contributed by atoms with Gasteiger partial charge in [0.15, 0.2) is 0 Å². The zero-order chi connectivity index (χ0) is 16.6. The number of carbonyl (C=O) groups is 3. The fourth-order valence-electron chi connectivity index (χ4n) is 2.03. The summed E-state index contributed by atoms with van der Waals surface area (Å²) in [6, 6.07) is -1.52. The first-order valence-corrected chi connectivity index (χ1v) is 7.25. The molecule has 0 aliphatic carbocycles. The summed E-state index contributed by atoms with van der Waals surface area (Å²) < 4.78 is 0. The third-order valence-electron chi connectivity index (χ3n) is 3.42. The van der Waals surface area contributed by atoms with Gasteiger partial charge in [-0.2, -0.15) is 0 Å². The molecule has 0 spiro atoms. The quantitative estimate of drug-likeness (QED) is 0.506. The number of carboxylic acid groups (broad SMARTS) is 1. The van der Waals surface area contributed by atoms with Crippen molar-refractivity contribution < 1.29 is 19.5 Å². The van der Waals surface area contributed by atoms with Crippen molar-refractivity contribution in [2.24, 2.45) is 23.5 Å². The van der Waals surface area contributed by atoms with Gasteiger partial charge in [0, 0.05) is 6.54 Å². The molecule has 0 aliphatic rings. The van der Waals surface area contributed by atoms with Crippen molar-refractivity contribution in [3.05, 3.63) is 0 Å². The third-order valence-corrected chi connectivity index (χ3v) is 3.42. The zero-order valence-corrected chi connectivity index (χ0v) is 13.2. The van der Waals surface area contributed by atoms with Gasteiger partial charge in [-0.15, -0.1) is 0 Å². The van der Waals surface area contributed by atoms with Gasteiger partial charge in [-0.3, -0.25) is 9.59 Å². The number of nitrogens with one attached hydrogen (secondary N) is 2. The molecule has 0 saturated heterocycles. The molecule has 0 heterocycles. The largest absolute Gasteiger partial charge is 0.481 e. The van der Waals surface area contributed by atoms with Gasteiger partial charge in [-0.1, -0.05) is 34.1 Å². The molecule has 21 heavy (non-hydrogen) atoms. The number of carbonyl (C=O) groups excluding carboxylic acids is 2. The summed E-state index contributed by atoms with van der Waals surface area (Å²) in [6.07, 6.45) is 1.17. The van der Waals surface area contributed by atoms with E-state index >= 15 is 0 Å². The van der Waals surface area contributed by atoms with Crippen molar-refractivity contribution in [1.82, 2.24) is 10.6 Å². The van der Waals surface area contributed by atoms with Crippen molar-refractivity contribution in [3.63, 3.8) is 0 Å². The summed E-state index contributed by atoms with van der Waals surface area (Å²) in [5, 5.41) is 14.1. The van der Waals surface area contributed by atoms with Gasteiger partial charge in [-0.05, 0) is 18.3 Å². The molecule has 0 aromatic heterocycles. The van der Waals surface area contributed by atoms with E-state index in [1.807, 2.05) is 27.7 Å². The molecule has 0 radical (unpaired) electrons. The number of hydrogen-bond donors (Lipinski definition) is 4. The first-order chi connectivity index (χ1) is 9.68. The molecule has 5 N–H and O–H groups in total. The molecule has 7 nitrogen and oxygen atoms in total. The first kappa shape index (κ1) is 19.2. The lowest BCUT2D eigenvalue weighted by Crippen LogP contribution is -2.52. The summed E-state index contributed by atoms with van der Waals surface area (Å²) in [6.45, 7) is 7.61. The van der Waals surface area contributed by atoms with Gasteiger partial charge in [0.25, 0.3) is 0 Å². The normalized spacial score (nSPS) is 15.1. The average Bonchev–Trinajstić information content (AvgIpc) is 2.38. The first-order valence-electron chi connectivity index (χ1n) is 7.25. The van der Waals surface area contributed by atoms with Crippen LogP contribution in [0.3, 0.4) is 0 Å². The molecule has 0 saturated carbocycles. The van der Waals surface area contributed by atoms with Crippen LogP contribution in [0.4, 0.5) is 4.79 Å². The SMILES string of the molecule is CCC(C)C(NC(N)=O)C(=O)NCC(CC(C)C)C(=O)O. The van der Waals surface area contributed by atoms with Crippen molar-refractivity contribution in [2.45, 2.75) is 46.6 Å². The molecule has 0 aliphatic heterocycles. The predicted molar refractivity (Wildman–Crippen MR) is 79.6 cm³/mol. The Kier molecular flexibility index (Phi) is 8.42. The number of urea groups is 1. The molecule has 0 fully saturated rings. The number of carboxylic acids is 1. The van der Waals surface area contributed by atoms with Crippen molar-refractivity contribution in [2.75, 3.05) is 6.54 Å². The lowest BCUT2D eigenvalue weighted by Gasteiger charge is -2.23. The van der Waals surface area contributed by atoms with Crippen LogP contribution in [0, 0.1) is 17.8 Å². The molecule has 0 bridgehead atoms. The maximum Gasteiger partial charge on any atom is 0.312 e. The number of amides is 3. The molecule has 7 heteroatoms. The van der Waals surface area contributed by atoms with Crippen LogP contribution in [-0.4, -0.2) is 35.6 Å². The summed E-state index contributed by atoms with van der Waals surface area (Å²) in [5.41, 5.74) is 5.07. The van der Waals surface area contributed by atoms with Gasteiger partial charge >= 0.3 is 12.0 Å². The van der Waals surface area contributed by atoms with Gasteiger partial charge in [0.05, 0.1) is 5.92 Å². The summed E-state index contributed by atoms with van der Waals surface area (Å²) >= 11 is 0. The Hall–Kier alpha value is -1.79. The maximum atomic E-state index is 12.1. The van der Waals surface area contributed by atoms with Crippen LogP contribution in [-0.2, 0) is 9.59 Å². The Labute approximate surface area is 125 Å². The molecular formula is C14H27N3O4. The summed E-state index contributed by atoms with van der Waals surface area (Å²) in [7, 11) is 0. The molecule has 0 aromatic carbocycles. The van der Waals surface area contributed by atoms with E-state index in [4.69, 9.17) is 10.8 Å². The number of primary amides is 1. The zero-order valence-electron chi connectivity index (χ0n) is 13.2. The highest BCUT2D eigenvalue weighted by atomic mass is 16.4. The summed E-state index contributed by atoms with van der Waals surface area (Å²) in [4.78, 5) is 34.2. The van der Waals surface area contributed by atoms with E-state index in [1.54, 1.807) is 0 Å². The monoisotopic (exact) mass is 301 g/mol. The van der Waals surface area contributed by atoms with Gasteiger partial charge in [-0.25, -0.2) is 4.79 Å². The third kappa shape index (κ3) is 7.53. The van der Waals surface area contributed by atoms with Gasteiger partial charge < -0.3 is 21.5 Å². The maximum absolute atomic E-state index is 12.1. The van der Waals surface area contributed by atoms with Crippen LogP contribution in [0.25, 0.3) is 0 Å². The van der Waals surface area contributed by atoms with E-state index < -0.39 is 29.9 Å². The molecule has 3 amide bonds. The van der Waals surface area contributed by atoms with E-state index in [0.29, 0.717) is 12.8 Å². The fourth-order valence-corrected chi connectivity index (χ4v) is 2.03. The minimum absolute atomic E-state index is 0.0414. The molecule has 3 unspecified atom stereocenters. The second-order valence-electron chi connectivity index (χ2n) is 5.78. The van der Waals surface area contributed by atoms with Gasteiger partial charge in [0.2, 0.25) is 5.91 Å². The second kappa shape index (κ2) is 9.20. The number of aliphatic carboxylic acids is 1. The number of nitrogens with two attached hydrogens (primary N) is 1. The van der Waals surface area contributed by atoms with E-state index in [9.17, 15) is 14.4 Å². The van der Waals surface area contributed by atoms with Crippen molar-refractivity contribution >= 4 is 17.9 Å².